The number of ether oxygens (including phenoxy) is 5. The van der Waals surface area contributed by atoms with Crippen molar-refractivity contribution in [1.29, 1.82) is 0 Å². The van der Waals surface area contributed by atoms with E-state index in [9.17, 15) is 110 Å². The Labute approximate surface area is 560 Å². The van der Waals surface area contributed by atoms with Crippen LogP contribution in [0.1, 0.15) is 79.1 Å². The smallest absolute Gasteiger partial charge is 0.394 e. The molecule has 10 heterocycles. The van der Waals surface area contributed by atoms with E-state index >= 15 is 0 Å². The van der Waals surface area contributed by atoms with Gasteiger partial charge in [-0.25, -0.2) is 46.8 Å². The van der Waals surface area contributed by atoms with E-state index in [-0.39, 0.29) is 22.3 Å². The number of hydrogen-bond acceptors (Lipinski definition) is 31. The summed E-state index contributed by atoms with van der Waals surface area (Å²) in [5.74, 6) is 0. The van der Waals surface area contributed by atoms with Crippen LogP contribution in [0.3, 0.4) is 0 Å². The largest absolute Gasteiger partial charge is 0.472 e. The van der Waals surface area contributed by atoms with Crippen molar-refractivity contribution < 1.29 is 127 Å². The predicted octanol–water partition coefficient (Wildman–Crippen LogP) is -4.14. The number of phosphoric acid groups is 5. The van der Waals surface area contributed by atoms with Crippen molar-refractivity contribution in [3.05, 3.63) is 163 Å². The Morgan fingerprint density at radius 3 is 0.990 bits per heavy atom. The molecule has 4 unspecified atom stereocenters. The Morgan fingerprint density at radius 1 is 0.416 bits per heavy atom. The number of aromatic amines is 5. The fraction of sp³-hybridized carbons (Fsp3) is 0.592. The van der Waals surface area contributed by atoms with Gasteiger partial charge in [0.25, 0.3) is 27.8 Å². The zero-order valence-electron chi connectivity index (χ0n) is 52.5. The predicted molar refractivity (Wildman–Crippen MR) is 326 cm³/mol. The SMILES string of the molecule is Cc1cn([C@H]2C[C@H](OP(=O)(O)O)[C@@H](COP(=O)(O)O[C@H]3C[C@H](n4cc(C)c(=O)[nH]c4=O)O[C@@H]3COP(=O)(O)O[C@H]3C[C@H](n4cc(C)c(=O)[nH]c4=O)O[C@@H]3COP(=O)(O)O[C@H]3C[C@H](n4cc(C)c(=O)[nH]c4=O)O[C@@H]3COP(=O)(O)O[C@H]3[C@@H](O)[C@H](n4ccc(=O)[nH]c4=O)O[C@@H]3CO)O2)c(=O)[nH]c1=O. The fourth-order valence-corrected chi connectivity index (χ4v) is 15.6. The zero-order valence-corrected chi connectivity index (χ0v) is 56.9. The first-order chi connectivity index (χ1) is 47.1. The Morgan fingerprint density at radius 2 is 0.703 bits per heavy atom. The number of hydrogen-bond donors (Lipinski definition) is 13. The van der Waals surface area contributed by atoms with Crippen LogP contribution in [0, 0.1) is 27.7 Å². The van der Waals surface area contributed by atoms with Gasteiger partial charge in [0.15, 0.2) is 6.23 Å². The second-order valence-electron chi connectivity index (χ2n) is 23.3. The van der Waals surface area contributed by atoms with Crippen molar-refractivity contribution in [1.82, 2.24) is 47.8 Å². The van der Waals surface area contributed by atoms with Gasteiger partial charge >= 0.3 is 67.6 Å². The quantitative estimate of drug-likeness (QED) is 0.0212. The van der Waals surface area contributed by atoms with Crippen molar-refractivity contribution >= 4 is 39.1 Å². The maximum absolute atomic E-state index is 14.1. The molecule has 101 heavy (non-hydrogen) atoms. The molecule has 5 saturated heterocycles. The molecule has 47 nitrogen and oxygen atoms in total. The second-order valence-corrected chi connectivity index (χ2v) is 30.1. The molecule has 13 N–H and O–H groups in total. The molecule has 0 spiro atoms. The van der Waals surface area contributed by atoms with Crippen LogP contribution in [-0.2, 0) is 87.2 Å². The molecule has 5 aliphatic rings. The summed E-state index contributed by atoms with van der Waals surface area (Å²) in [6, 6.07) is 0.883. The number of aromatic nitrogens is 10. The standard InChI is InChI=1S/C49H65N10O37P5/c1-20-11-56(46(68)51-40(20)63)34-7-24(92-97(72,73)74)29(87-34)16-83-98(75,76)93-25-8-35(57-12-21(2)41(64)52-47(57)69)88-30(25)17-84-99(77,78)94-26-9-36(58-13-22(3)42(65)53-48(58)70)89-31(26)18-85-100(79,80)95-27-10-37(59-14-23(4)43(66)54-49(59)71)90-32(27)19-86-101(81,82)96-39-28(15-60)91-44(38(39)62)55-6-5-33(61)50-45(55)67/h5-6,11-14,24-32,34-39,44,60,62H,7-10,15-19H2,1-4H3,(H,75,76)(H,77,78)(H,79,80)(H,81,82)(H,50,61,67)(H,51,63,68)(H,52,64,69)(H,53,65,70)(H,54,66,71)(H2,72,73,74)/t24-,25-,26-,27-,28+,29+,30+,31+,32+,34+,35+,36+,37+,38+,39+,44+/m0/s1. The third kappa shape index (κ3) is 18.6. The molecule has 5 aliphatic heterocycles. The highest BCUT2D eigenvalue weighted by atomic mass is 31.2. The summed E-state index contributed by atoms with van der Waals surface area (Å²) in [7, 11) is -27.7. The molecule has 5 aromatic rings. The van der Waals surface area contributed by atoms with Crippen LogP contribution < -0.4 is 56.2 Å². The number of nitrogens with zero attached hydrogens (tertiary/aromatic N) is 5. The normalized spacial score (nSPS) is 30.1. The van der Waals surface area contributed by atoms with E-state index in [1.807, 2.05) is 24.9 Å². The van der Waals surface area contributed by atoms with Crippen LogP contribution in [0.15, 0.2) is 85.0 Å². The number of H-pyrrole nitrogens is 5. The Bertz CT molecular complexity index is 4820. The molecule has 20 atom stereocenters. The molecule has 0 aromatic carbocycles. The maximum Gasteiger partial charge on any atom is 0.472 e. The number of nitrogens with one attached hydrogen (secondary N) is 5. The first kappa shape index (κ1) is 77.3. The molecule has 5 fully saturated rings. The average molecular weight is 1540 g/mol. The highest BCUT2D eigenvalue weighted by Crippen LogP contribution is 2.55. The van der Waals surface area contributed by atoms with Gasteiger partial charge in [-0.05, 0) is 27.7 Å². The van der Waals surface area contributed by atoms with E-state index in [0.717, 1.165) is 55.3 Å². The summed E-state index contributed by atoms with van der Waals surface area (Å²) in [6.07, 6.45) is -25.0. The van der Waals surface area contributed by atoms with Crippen molar-refractivity contribution in [3.8, 4) is 0 Å². The van der Waals surface area contributed by atoms with Crippen molar-refractivity contribution in [2.75, 3.05) is 33.0 Å². The van der Waals surface area contributed by atoms with E-state index in [2.05, 4.69) is 0 Å². The number of phosphoric ester groups is 5. The van der Waals surface area contributed by atoms with Crippen LogP contribution in [0.5, 0.6) is 0 Å². The summed E-state index contributed by atoms with van der Waals surface area (Å²) in [5.41, 5.74) is -9.64. The lowest BCUT2D eigenvalue weighted by Crippen LogP contribution is -2.38. The van der Waals surface area contributed by atoms with Gasteiger partial charge in [-0.3, -0.25) is 112 Å². The summed E-state index contributed by atoms with van der Waals surface area (Å²) in [5, 5.41) is 21.1. The number of rotatable bonds is 28. The summed E-state index contributed by atoms with van der Waals surface area (Å²) >= 11 is 0. The fourth-order valence-electron chi connectivity index (χ4n) is 11.2. The molecule has 0 saturated carbocycles. The van der Waals surface area contributed by atoms with E-state index in [1.54, 1.807) is 0 Å². The Hall–Kier alpha value is -6.33. The number of aliphatic hydroxyl groups excluding tert-OH is 2. The van der Waals surface area contributed by atoms with Crippen molar-refractivity contribution in [2.24, 2.45) is 0 Å². The van der Waals surface area contributed by atoms with Gasteiger partial charge in [0.2, 0.25) is 0 Å². The van der Waals surface area contributed by atoms with E-state index in [4.69, 9.17) is 64.4 Å². The highest BCUT2D eigenvalue weighted by molar-refractivity contribution is 7.48. The van der Waals surface area contributed by atoms with E-state index in [1.165, 1.54) is 27.7 Å². The third-order valence-corrected chi connectivity index (χ3v) is 20.7. The molecular formula is C49H65N10O37P5. The topological polar surface area (TPSA) is 651 Å². The van der Waals surface area contributed by atoms with Crippen LogP contribution in [0.25, 0.3) is 0 Å². The van der Waals surface area contributed by atoms with Crippen molar-refractivity contribution in [2.45, 2.75) is 152 Å². The minimum Gasteiger partial charge on any atom is -0.394 e. The lowest BCUT2D eigenvalue weighted by atomic mass is 10.1. The van der Waals surface area contributed by atoms with E-state index < -0.39 is 252 Å². The van der Waals surface area contributed by atoms with Crippen LogP contribution in [0.4, 0.5) is 0 Å². The zero-order chi connectivity index (χ0) is 73.7. The first-order valence-electron chi connectivity index (χ1n) is 29.7. The lowest BCUT2D eigenvalue weighted by Gasteiger charge is -2.26. The molecule has 0 radical (unpaired) electrons. The Balaban J connectivity index is 0.849. The molecule has 0 amide bonds. The molecule has 5 aromatic heterocycles. The molecule has 0 aliphatic carbocycles. The Kier molecular flexibility index (Phi) is 23.3. The summed E-state index contributed by atoms with van der Waals surface area (Å²) < 4.78 is 148. The summed E-state index contributed by atoms with van der Waals surface area (Å²) in [4.78, 5) is 200. The second kappa shape index (κ2) is 30.4. The number of aliphatic hydroxyl groups is 2. The summed E-state index contributed by atoms with van der Waals surface area (Å²) in [6.45, 7) is -0.384. The minimum atomic E-state index is -5.66. The van der Waals surface area contributed by atoms with Gasteiger partial charge in [0, 0.05) is 85.0 Å². The number of aryl methyl sites for hydroxylation is 4. The van der Waals surface area contributed by atoms with Crippen LogP contribution >= 0.6 is 39.1 Å². The third-order valence-electron chi connectivity index (χ3n) is 16.1. The van der Waals surface area contributed by atoms with Gasteiger partial charge in [-0.15, -0.1) is 0 Å². The molecule has 558 valence electrons. The molecule has 0 bridgehead atoms. The molecule has 52 heteroatoms. The molecular weight excluding hydrogens is 1480 g/mol. The van der Waals surface area contributed by atoms with Crippen molar-refractivity contribution in [3.63, 3.8) is 0 Å². The van der Waals surface area contributed by atoms with Gasteiger partial charge in [-0.1, -0.05) is 0 Å². The average Bonchev–Trinajstić information content (AvgIpc) is 1.67. The van der Waals surface area contributed by atoms with E-state index in [0.29, 0.717) is 4.57 Å². The maximum atomic E-state index is 14.1. The highest BCUT2D eigenvalue weighted by Gasteiger charge is 2.52. The van der Waals surface area contributed by atoms with Gasteiger partial charge < -0.3 is 63.3 Å². The first-order valence-corrected chi connectivity index (χ1v) is 37.2. The lowest BCUT2D eigenvalue weighted by molar-refractivity contribution is -0.0650. The monoisotopic (exact) mass is 1540 g/mol. The van der Waals surface area contributed by atoms with Gasteiger partial charge in [-0.2, -0.15) is 0 Å². The molecule has 10 rings (SSSR count). The minimum absolute atomic E-state index is 0.0108. The van der Waals surface area contributed by atoms with Gasteiger partial charge in [0.1, 0.15) is 92.1 Å². The van der Waals surface area contributed by atoms with Gasteiger partial charge in [0.05, 0.1) is 33.0 Å². The van der Waals surface area contributed by atoms with Crippen LogP contribution in [-0.4, -0.2) is 188 Å². The van der Waals surface area contributed by atoms with Crippen LogP contribution in [0.2, 0.25) is 0 Å².